The second-order valence-corrected chi connectivity index (χ2v) is 16.2. The van der Waals surface area contributed by atoms with Crippen LogP contribution in [0.5, 0.6) is 11.5 Å². The van der Waals surface area contributed by atoms with Crippen LogP contribution in [-0.4, -0.2) is 36.8 Å². The minimum atomic E-state index is -7.97. The van der Waals surface area contributed by atoms with Gasteiger partial charge in [-0.1, -0.05) is 49.0 Å². The van der Waals surface area contributed by atoms with E-state index in [0.717, 1.165) is 31.2 Å². The lowest BCUT2D eigenvalue weighted by atomic mass is 10.3. The number of fused-ring (bicyclic) bond motifs is 2. The molecule has 0 amide bonds. The van der Waals surface area contributed by atoms with Crippen molar-refractivity contribution < 1.29 is 49.5 Å². The second kappa shape index (κ2) is 8.90. The number of hydrogen-bond acceptors (Lipinski definition) is 4. The summed E-state index contributed by atoms with van der Waals surface area (Å²) >= 11 is 0. The molecule has 3 aromatic rings. The number of carbonyl (C=O) groups is 1. The molecule has 1 atom stereocenters. The Morgan fingerprint density at radius 3 is 1.79 bits per heavy atom. The minimum absolute atomic E-state index is 0.231. The van der Waals surface area contributed by atoms with Gasteiger partial charge in [0.15, 0.2) is 8.66 Å². The molecular formula is C25H21F5O6S2. The Morgan fingerprint density at radius 1 is 0.895 bits per heavy atom. The summed E-state index contributed by atoms with van der Waals surface area (Å²) in [5.74, 6) is -2.36. The van der Waals surface area contributed by atoms with E-state index in [0.29, 0.717) is 0 Å². The zero-order chi connectivity index (χ0) is 28.2. The fraction of sp³-hybridized carbons (Fsp3) is 0.160. The lowest BCUT2D eigenvalue weighted by Gasteiger charge is -2.58. The maximum atomic E-state index is 16.3. The Labute approximate surface area is 214 Å². The molecular weight excluding hydrogens is 555 g/mol. The van der Waals surface area contributed by atoms with E-state index in [2.05, 4.69) is 11.3 Å². The monoisotopic (exact) mass is 576 g/mol. The zero-order valence-corrected chi connectivity index (χ0v) is 21.2. The van der Waals surface area contributed by atoms with Crippen LogP contribution in [0.4, 0.5) is 22.0 Å². The quantitative estimate of drug-likeness (QED) is 0.138. The molecule has 1 heterocycles. The fourth-order valence-electron chi connectivity index (χ4n) is 4.03. The van der Waals surface area contributed by atoms with Crippen molar-refractivity contribution in [3.63, 3.8) is 0 Å². The highest BCUT2D eigenvalue weighted by Gasteiger charge is 2.78. The first kappa shape index (κ1) is 27.8. The summed E-state index contributed by atoms with van der Waals surface area (Å²) in [5.41, 5.74) is -0.679. The fourth-order valence-corrected chi connectivity index (χ4v) is 13.9. The van der Waals surface area contributed by atoms with Crippen LogP contribution < -0.4 is 4.74 Å². The zero-order valence-electron chi connectivity index (χ0n) is 19.5. The van der Waals surface area contributed by atoms with E-state index < -0.39 is 56.6 Å². The van der Waals surface area contributed by atoms with Gasteiger partial charge in [0.2, 0.25) is 0 Å². The minimum Gasteiger partial charge on any atom is -0.455 e. The molecule has 0 saturated heterocycles. The molecule has 1 aliphatic rings. The molecule has 204 valence electrons. The SMILES string of the molecule is C=C(C)C(=O)OC(C(F)(F)F)C(F)(F)S(=O)(O)(O)S1(c2ccccc2)c2ccccc2Oc2ccccc21. The lowest BCUT2D eigenvalue weighted by molar-refractivity contribution is -0.258. The second-order valence-electron chi connectivity index (χ2n) is 8.33. The molecule has 13 heteroatoms. The Hall–Kier alpha value is -3.26. The average molecular weight is 577 g/mol. The summed E-state index contributed by atoms with van der Waals surface area (Å²) < 4.78 is 122. The molecule has 3 aromatic carbocycles. The maximum Gasteiger partial charge on any atom is 0.432 e. The Morgan fingerprint density at radius 2 is 1.34 bits per heavy atom. The molecule has 2 N–H and O–H groups in total. The van der Waals surface area contributed by atoms with Crippen LogP contribution in [0, 0.1) is 0 Å². The third kappa shape index (κ3) is 3.83. The molecule has 38 heavy (non-hydrogen) atoms. The van der Waals surface area contributed by atoms with Gasteiger partial charge >= 0.3 is 17.4 Å². The van der Waals surface area contributed by atoms with Gasteiger partial charge in [-0.3, -0.25) is 9.11 Å². The normalized spacial score (nSPS) is 17.4. The van der Waals surface area contributed by atoms with E-state index in [1.54, 1.807) is 0 Å². The van der Waals surface area contributed by atoms with Crippen molar-refractivity contribution in [1.82, 2.24) is 0 Å². The molecule has 4 rings (SSSR count). The van der Waals surface area contributed by atoms with E-state index in [9.17, 15) is 31.3 Å². The van der Waals surface area contributed by atoms with Crippen LogP contribution in [0.1, 0.15) is 6.92 Å². The van der Waals surface area contributed by atoms with Gasteiger partial charge in [-0.05, 0) is 52.4 Å². The largest absolute Gasteiger partial charge is 0.455 e. The smallest absolute Gasteiger partial charge is 0.432 e. The highest BCUT2D eigenvalue weighted by Crippen LogP contribution is 2.86. The van der Waals surface area contributed by atoms with Crippen molar-refractivity contribution in [1.29, 1.82) is 0 Å². The van der Waals surface area contributed by atoms with Crippen LogP contribution in [0.25, 0.3) is 0 Å². The van der Waals surface area contributed by atoms with Gasteiger partial charge in [0.1, 0.15) is 11.5 Å². The van der Waals surface area contributed by atoms with Gasteiger partial charge in [0.05, 0.1) is 9.79 Å². The maximum absolute atomic E-state index is 16.3. The van der Waals surface area contributed by atoms with Crippen LogP contribution in [0.2, 0.25) is 0 Å². The first-order valence-electron chi connectivity index (χ1n) is 10.8. The third-order valence-corrected chi connectivity index (χ3v) is 15.6. The van der Waals surface area contributed by atoms with Crippen LogP contribution in [0.15, 0.2) is 106 Å². The summed E-state index contributed by atoms with van der Waals surface area (Å²) in [6, 6.07) is 16.6. The molecule has 0 saturated carbocycles. The first-order valence-corrected chi connectivity index (χ1v) is 14.8. The van der Waals surface area contributed by atoms with Gasteiger partial charge in [0.25, 0.3) is 6.10 Å². The van der Waals surface area contributed by atoms with Gasteiger partial charge in [0, 0.05) is 10.5 Å². The van der Waals surface area contributed by atoms with Crippen molar-refractivity contribution in [3.05, 3.63) is 91.0 Å². The van der Waals surface area contributed by atoms with Crippen molar-refractivity contribution in [2.45, 2.75) is 39.1 Å². The third-order valence-electron chi connectivity index (χ3n) is 5.70. The summed E-state index contributed by atoms with van der Waals surface area (Å²) in [5, 5.41) is -6.00. The molecule has 0 radical (unpaired) electrons. The average Bonchev–Trinajstić information content (AvgIpc) is 2.84. The van der Waals surface area contributed by atoms with E-state index in [1.807, 2.05) is 0 Å². The Balaban J connectivity index is 2.18. The molecule has 0 aliphatic carbocycles. The van der Waals surface area contributed by atoms with E-state index in [4.69, 9.17) is 4.74 Å². The molecule has 0 aromatic heterocycles. The topological polar surface area (TPSA) is 93.1 Å². The number of carbonyl (C=O) groups excluding carboxylic acids is 1. The van der Waals surface area contributed by atoms with Crippen molar-refractivity contribution in [2.75, 3.05) is 0 Å². The van der Waals surface area contributed by atoms with E-state index in [-0.39, 0.29) is 16.4 Å². The van der Waals surface area contributed by atoms with Crippen LogP contribution >= 0.6 is 9.06 Å². The van der Waals surface area contributed by atoms with Gasteiger partial charge < -0.3 is 9.47 Å². The summed E-state index contributed by atoms with van der Waals surface area (Å²) in [4.78, 5) is 10.8. The van der Waals surface area contributed by atoms with Crippen molar-refractivity contribution in [2.24, 2.45) is 0 Å². The molecule has 0 bridgehead atoms. The number of ether oxygens (including phenoxy) is 2. The molecule has 1 aliphatic heterocycles. The number of alkyl halides is 5. The molecule has 0 spiro atoms. The molecule has 1 unspecified atom stereocenters. The summed E-state index contributed by atoms with van der Waals surface area (Å²) in [6.07, 6.45) is -10.6. The lowest BCUT2D eigenvalue weighted by Crippen LogP contribution is -2.63. The van der Waals surface area contributed by atoms with Crippen LogP contribution in [-0.2, 0) is 18.2 Å². The summed E-state index contributed by atoms with van der Waals surface area (Å²) in [7, 11) is -12.6. The summed E-state index contributed by atoms with van der Waals surface area (Å²) in [6.45, 7) is 3.98. The van der Waals surface area contributed by atoms with E-state index >= 15 is 8.78 Å². The highest BCUT2D eigenvalue weighted by molar-refractivity contribution is 8.97. The highest BCUT2D eigenvalue weighted by atomic mass is 33.2. The molecule has 0 fully saturated rings. The van der Waals surface area contributed by atoms with E-state index in [1.165, 1.54) is 54.6 Å². The Kier molecular flexibility index (Phi) is 6.50. The van der Waals surface area contributed by atoms with Crippen molar-refractivity contribution >= 4 is 23.7 Å². The number of rotatable bonds is 6. The van der Waals surface area contributed by atoms with Crippen molar-refractivity contribution in [3.8, 4) is 11.5 Å². The number of para-hydroxylation sites is 2. The number of hydrogen-bond donors (Lipinski definition) is 2. The number of halogens is 5. The number of esters is 1. The first-order chi connectivity index (χ1) is 17.5. The predicted molar refractivity (Wildman–Crippen MR) is 131 cm³/mol. The van der Waals surface area contributed by atoms with Gasteiger partial charge in [-0.25, -0.2) is 9.00 Å². The number of benzene rings is 3. The van der Waals surface area contributed by atoms with Crippen LogP contribution in [0.3, 0.4) is 0 Å². The van der Waals surface area contributed by atoms with Gasteiger partial charge in [-0.2, -0.15) is 22.0 Å². The predicted octanol–water partition coefficient (Wildman–Crippen LogP) is 7.40. The van der Waals surface area contributed by atoms with Gasteiger partial charge in [-0.15, -0.1) is 0 Å². The molecule has 6 nitrogen and oxygen atoms in total. The standard InChI is InChI=1S/C25H21F5O6S2/c1-16(2)22(31)36-23(24(26,27)28)25(29,30)38(32,33,34)37(17-10-4-3-5-11-17)20-14-8-6-12-18(20)35-19-13-7-9-15-21(19)37/h3-15,23H,1H2,2H3,(H2,32,33,34). The Bertz CT molecular complexity index is 1440.